The fourth-order valence-electron chi connectivity index (χ4n) is 3.47. The van der Waals surface area contributed by atoms with E-state index in [1.165, 1.54) is 24.3 Å². The summed E-state index contributed by atoms with van der Waals surface area (Å²) in [6.07, 6.45) is 1.50. The van der Waals surface area contributed by atoms with E-state index in [1.54, 1.807) is 24.3 Å². The van der Waals surface area contributed by atoms with Gasteiger partial charge in [0.2, 0.25) is 11.7 Å². The molecule has 0 spiro atoms. The SMILES string of the molecule is O=C1C=C(NC(Cc2ccccc2)C(=O)Nc2ccc(F)c(Br)c2)C(=O)c2ccccc21. The van der Waals surface area contributed by atoms with Gasteiger partial charge in [-0.3, -0.25) is 14.4 Å². The monoisotopic (exact) mass is 492 g/mol. The number of carbonyl (C=O) groups excluding carboxylic acids is 3. The maximum absolute atomic E-state index is 13.5. The van der Waals surface area contributed by atoms with E-state index in [0.717, 1.165) is 5.56 Å². The summed E-state index contributed by atoms with van der Waals surface area (Å²) in [5.41, 5.74) is 1.96. The molecule has 0 saturated carbocycles. The van der Waals surface area contributed by atoms with Crippen LogP contribution in [0, 0.1) is 5.82 Å². The Morgan fingerprint density at radius 2 is 1.62 bits per heavy atom. The Morgan fingerprint density at radius 1 is 0.938 bits per heavy atom. The van der Waals surface area contributed by atoms with Crippen LogP contribution in [0.5, 0.6) is 0 Å². The van der Waals surface area contributed by atoms with Crippen LogP contribution in [-0.4, -0.2) is 23.5 Å². The van der Waals surface area contributed by atoms with Gasteiger partial charge >= 0.3 is 0 Å². The third-order valence-corrected chi connectivity index (χ3v) is 5.68. The minimum atomic E-state index is -0.852. The molecule has 0 aliphatic heterocycles. The van der Waals surface area contributed by atoms with Gasteiger partial charge in [-0.05, 0) is 39.7 Å². The highest BCUT2D eigenvalue weighted by molar-refractivity contribution is 9.10. The largest absolute Gasteiger partial charge is 0.370 e. The van der Waals surface area contributed by atoms with E-state index in [4.69, 9.17) is 0 Å². The molecule has 0 heterocycles. The van der Waals surface area contributed by atoms with Crippen molar-refractivity contribution in [1.82, 2.24) is 5.32 Å². The van der Waals surface area contributed by atoms with Gasteiger partial charge in [-0.15, -0.1) is 0 Å². The predicted octanol–water partition coefficient (Wildman–Crippen LogP) is 4.69. The smallest absolute Gasteiger partial charge is 0.247 e. The van der Waals surface area contributed by atoms with Crippen molar-refractivity contribution >= 4 is 39.1 Å². The average molecular weight is 493 g/mol. The summed E-state index contributed by atoms with van der Waals surface area (Å²) in [5, 5.41) is 5.71. The number of Topliss-reactive ketones (excluding diaryl/α,β-unsaturated/α-hetero) is 1. The normalized spacial score (nSPS) is 13.8. The summed E-state index contributed by atoms with van der Waals surface area (Å²) in [4.78, 5) is 38.6. The molecule has 4 rings (SSSR count). The summed E-state index contributed by atoms with van der Waals surface area (Å²) < 4.78 is 13.8. The van der Waals surface area contributed by atoms with Gasteiger partial charge < -0.3 is 10.6 Å². The molecule has 3 aromatic rings. The van der Waals surface area contributed by atoms with Crippen molar-refractivity contribution in [3.63, 3.8) is 0 Å². The summed E-state index contributed by atoms with van der Waals surface area (Å²) in [6, 6.07) is 19.2. The number of benzene rings is 3. The van der Waals surface area contributed by atoms with E-state index in [-0.39, 0.29) is 28.2 Å². The van der Waals surface area contributed by atoms with Gasteiger partial charge in [0, 0.05) is 29.3 Å². The molecule has 1 unspecified atom stereocenters. The Bertz CT molecular complexity index is 1240. The third-order valence-electron chi connectivity index (χ3n) is 5.07. The van der Waals surface area contributed by atoms with Crippen molar-refractivity contribution in [2.24, 2.45) is 0 Å². The van der Waals surface area contributed by atoms with Gasteiger partial charge in [0.05, 0.1) is 10.2 Å². The topological polar surface area (TPSA) is 75.3 Å². The van der Waals surface area contributed by atoms with Gasteiger partial charge in [-0.25, -0.2) is 4.39 Å². The molecule has 2 N–H and O–H groups in total. The quantitative estimate of drug-likeness (QED) is 0.523. The number of amides is 1. The van der Waals surface area contributed by atoms with Gasteiger partial charge in [0.15, 0.2) is 5.78 Å². The maximum Gasteiger partial charge on any atom is 0.247 e. The molecule has 1 aliphatic rings. The highest BCUT2D eigenvalue weighted by Gasteiger charge is 2.29. The van der Waals surface area contributed by atoms with Gasteiger partial charge in [0.25, 0.3) is 0 Å². The Balaban J connectivity index is 1.61. The molecule has 0 radical (unpaired) electrons. The summed E-state index contributed by atoms with van der Waals surface area (Å²) in [5.74, 6) is -1.52. The minimum Gasteiger partial charge on any atom is -0.370 e. The van der Waals surface area contributed by atoms with Crippen LogP contribution >= 0.6 is 15.9 Å². The first-order chi connectivity index (χ1) is 15.4. The van der Waals surface area contributed by atoms with Crippen LogP contribution in [0.1, 0.15) is 26.3 Å². The predicted molar refractivity (Wildman–Crippen MR) is 123 cm³/mol. The molecule has 32 heavy (non-hydrogen) atoms. The van der Waals surface area contributed by atoms with Crippen molar-refractivity contribution in [2.75, 3.05) is 5.32 Å². The molecular formula is C25H18BrFN2O3. The third kappa shape index (κ3) is 4.68. The van der Waals surface area contributed by atoms with Crippen LogP contribution in [0.15, 0.2) is 89.0 Å². The fourth-order valence-corrected chi connectivity index (χ4v) is 3.85. The van der Waals surface area contributed by atoms with Crippen molar-refractivity contribution in [3.05, 3.63) is 112 Å². The summed E-state index contributed by atoms with van der Waals surface area (Å²) in [7, 11) is 0. The molecule has 1 atom stereocenters. The van der Waals surface area contributed by atoms with Crippen molar-refractivity contribution in [2.45, 2.75) is 12.5 Å². The zero-order valence-corrected chi connectivity index (χ0v) is 18.4. The van der Waals surface area contributed by atoms with Crippen LogP contribution < -0.4 is 10.6 Å². The lowest BCUT2D eigenvalue weighted by Crippen LogP contribution is -2.44. The van der Waals surface area contributed by atoms with Crippen LogP contribution in [-0.2, 0) is 11.2 Å². The summed E-state index contributed by atoms with van der Waals surface area (Å²) >= 11 is 3.10. The van der Waals surface area contributed by atoms with Crippen molar-refractivity contribution in [1.29, 1.82) is 0 Å². The van der Waals surface area contributed by atoms with Crippen LogP contribution in [0.2, 0.25) is 0 Å². The van der Waals surface area contributed by atoms with E-state index >= 15 is 0 Å². The highest BCUT2D eigenvalue weighted by Crippen LogP contribution is 2.22. The minimum absolute atomic E-state index is 0.0602. The number of fused-ring (bicyclic) bond motifs is 1. The fraction of sp³-hybridized carbons (Fsp3) is 0.0800. The highest BCUT2D eigenvalue weighted by atomic mass is 79.9. The first-order valence-corrected chi connectivity index (χ1v) is 10.7. The van der Waals surface area contributed by atoms with E-state index in [1.807, 2.05) is 30.3 Å². The zero-order chi connectivity index (χ0) is 22.7. The summed E-state index contributed by atoms with van der Waals surface area (Å²) in [6.45, 7) is 0. The number of nitrogens with one attached hydrogen (secondary N) is 2. The molecule has 7 heteroatoms. The Kier molecular flexibility index (Phi) is 6.28. The van der Waals surface area contributed by atoms with E-state index < -0.39 is 17.8 Å². The van der Waals surface area contributed by atoms with E-state index in [9.17, 15) is 18.8 Å². The molecule has 3 aromatic carbocycles. The van der Waals surface area contributed by atoms with Gasteiger partial charge in [-0.1, -0.05) is 54.6 Å². The number of hydrogen-bond donors (Lipinski definition) is 2. The number of ketones is 2. The van der Waals surface area contributed by atoms with Crippen LogP contribution in [0.25, 0.3) is 0 Å². The molecule has 5 nitrogen and oxygen atoms in total. The molecule has 1 amide bonds. The molecular weight excluding hydrogens is 475 g/mol. The number of allylic oxidation sites excluding steroid dienone is 2. The standard InChI is InChI=1S/C25H18BrFN2O3/c26-19-13-16(10-11-20(19)27)28-25(32)22(12-15-6-2-1-3-7-15)29-21-14-23(30)17-8-4-5-9-18(17)24(21)31/h1-11,13-14,22,29H,12H2,(H,28,32). The number of rotatable bonds is 6. The second kappa shape index (κ2) is 9.28. The molecule has 0 fully saturated rings. The van der Waals surface area contributed by atoms with Crippen molar-refractivity contribution in [3.8, 4) is 0 Å². The molecule has 0 aromatic heterocycles. The second-order valence-electron chi connectivity index (χ2n) is 7.30. The lowest BCUT2D eigenvalue weighted by Gasteiger charge is -2.23. The molecule has 160 valence electrons. The number of halogens is 2. The van der Waals surface area contributed by atoms with Crippen LogP contribution in [0.4, 0.5) is 10.1 Å². The maximum atomic E-state index is 13.5. The van der Waals surface area contributed by atoms with E-state index in [2.05, 4.69) is 26.6 Å². The van der Waals surface area contributed by atoms with Gasteiger partial charge in [0.1, 0.15) is 11.9 Å². The van der Waals surface area contributed by atoms with E-state index in [0.29, 0.717) is 16.8 Å². The Labute approximate surface area is 192 Å². The second-order valence-corrected chi connectivity index (χ2v) is 8.16. The first-order valence-electron chi connectivity index (χ1n) is 9.88. The van der Waals surface area contributed by atoms with Crippen molar-refractivity contribution < 1.29 is 18.8 Å². The average Bonchev–Trinajstić information content (AvgIpc) is 2.80. The lowest BCUT2D eigenvalue weighted by atomic mass is 9.92. The number of hydrogen-bond acceptors (Lipinski definition) is 4. The first kappa shape index (κ1) is 21.6. The Morgan fingerprint density at radius 3 is 2.34 bits per heavy atom. The molecule has 0 saturated heterocycles. The molecule has 0 bridgehead atoms. The Hall–Kier alpha value is -3.58. The molecule has 1 aliphatic carbocycles. The van der Waals surface area contributed by atoms with Crippen LogP contribution in [0.3, 0.4) is 0 Å². The lowest BCUT2D eigenvalue weighted by molar-refractivity contribution is -0.117. The number of anilines is 1. The zero-order valence-electron chi connectivity index (χ0n) is 16.8. The number of carbonyl (C=O) groups is 3. The van der Waals surface area contributed by atoms with Gasteiger partial charge in [-0.2, -0.15) is 0 Å².